The van der Waals surface area contributed by atoms with Gasteiger partial charge in [-0.25, -0.2) is 0 Å². The van der Waals surface area contributed by atoms with Gasteiger partial charge in [-0.05, 0) is 51.4 Å². The van der Waals surface area contributed by atoms with Crippen molar-refractivity contribution in [3.63, 3.8) is 0 Å². The van der Waals surface area contributed by atoms with E-state index in [1.807, 2.05) is 58.0 Å². The molecule has 0 unspecified atom stereocenters. The summed E-state index contributed by atoms with van der Waals surface area (Å²) in [7, 11) is 3.58. The highest BCUT2D eigenvalue weighted by Crippen LogP contribution is 2.22. The highest BCUT2D eigenvalue weighted by Gasteiger charge is 2.19. The standard InChI is InChI=1S/C23H31N3O2/c1-16-12-17(2)23(18(3)13-16)24-21(27)14-25(5)15-22(28)26(6)19(4)20-10-8-7-9-11-20/h7-13,19H,14-15H2,1-6H3,(H,24,27)/t19-/m1/s1. The third-order valence-electron chi connectivity index (χ3n) is 5.02. The minimum Gasteiger partial charge on any atom is -0.338 e. The third-order valence-corrected chi connectivity index (χ3v) is 5.02. The summed E-state index contributed by atoms with van der Waals surface area (Å²) in [6.45, 7) is 8.37. The first-order chi connectivity index (χ1) is 13.2. The summed E-state index contributed by atoms with van der Waals surface area (Å²) in [6, 6.07) is 14.0. The van der Waals surface area contributed by atoms with E-state index < -0.39 is 0 Å². The van der Waals surface area contributed by atoms with Crippen LogP contribution < -0.4 is 5.32 Å². The van der Waals surface area contributed by atoms with E-state index in [2.05, 4.69) is 17.4 Å². The van der Waals surface area contributed by atoms with Crippen LogP contribution in [0.4, 0.5) is 5.69 Å². The molecule has 0 aliphatic heterocycles. The number of benzene rings is 2. The summed E-state index contributed by atoms with van der Waals surface area (Å²) in [6.07, 6.45) is 0. The lowest BCUT2D eigenvalue weighted by atomic mass is 10.1. The van der Waals surface area contributed by atoms with Crippen molar-refractivity contribution in [2.24, 2.45) is 0 Å². The number of hydrogen-bond acceptors (Lipinski definition) is 3. The molecule has 0 aliphatic rings. The summed E-state index contributed by atoms with van der Waals surface area (Å²) in [4.78, 5) is 28.5. The fraction of sp³-hybridized carbons (Fsp3) is 0.391. The zero-order valence-corrected chi connectivity index (χ0v) is 17.7. The van der Waals surface area contributed by atoms with Crippen LogP contribution in [-0.4, -0.2) is 48.8 Å². The van der Waals surface area contributed by atoms with Crippen LogP contribution >= 0.6 is 0 Å². The first-order valence-electron chi connectivity index (χ1n) is 9.56. The van der Waals surface area contributed by atoms with Crippen LogP contribution in [0, 0.1) is 20.8 Å². The summed E-state index contributed by atoms with van der Waals surface area (Å²) in [5.41, 5.74) is 5.20. The average Bonchev–Trinajstić information content (AvgIpc) is 2.63. The van der Waals surface area contributed by atoms with Gasteiger partial charge >= 0.3 is 0 Å². The van der Waals surface area contributed by atoms with Gasteiger partial charge < -0.3 is 10.2 Å². The zero-order chi connectivity index (χ0) is 20.8. The van der Waals surface area contributed by atoms with Gasteiger partial charge in [0, 0.05) is 12.7 Å². The van der Waals surface area contributed by atoms with Gasteiger partial charge in [0.25, 0.3) is 0 Å². The fourth-order valence-corrected chi connectivity index (χ4v) is 3.37. The molecule has 0 saturated heterocycles. The predicted molar refractivity (Wildman–Crippen MR) is 114 cm³/mol. The summed E-state index contributed by atoms with van der Waals surface area (Å²) < 4.78 is 0. The van der Waals surface area contributed by atoms with E-state index in [0.29, 0.717) is 0 Å². The van der Waals surface area contributed by atoms with E-state index in [1.165, 1.54) is 5.56 Å². The fourth-order valence-electron chi connectivity index (χ4n) is 3.37. The maximum Gasteiger partial charge on any atom is 0.238 e. The second kappa shape index (κ2) is 9.51. The Bertz CT molecular complexity index is 810. The van der Waals surface area contributed by atoms with Gasteiger partial charge in [0.1, 0.15) is 0 Å². The molecule has 0 heterocycles. The van der Waals surface area contributed by atoms with Gasteiger partial charge in [-0.1, -0.05) is 48.0 Å². The molecule has 2 aromatic rings. The largest absolute Gasteiger partial charge is 0.338 e. The monoisotopic (exact) mass is 381 g/mol. The zero-order valence-electron chi connectivity index (χ0n) is 17.7. The summed E-state index contributed by atoms with van der Waals surface area (Å²) in [5, 5.41) is 2.98. The SMILES string of the molecule is Cc1cc(C)c(NC(=O)CN(C)CC(=O)N(C)[C@H](C)c2ccccc2)c(C)c1. The number of aryl methyl sites for hydroxylation is 3. The Morgan fingerprint density at radius 3 is 2.11 bits per heavy atom. The number of hydrogen-bond donors (Lipinski definition) is 1. The maximum absolute atomic E-state index is 12.6. The number of carbonyl (C=O) groups excluding carboxylic acids is 2. The van der Waals surface area contributed by atoms with Crippen molar-refractivity contribution in [1.82, 2.24) is 9.80 Å². The van der Waals surface area contributed by atoms with Crippen molar-refractivity contribution < 1.29 is 9.59 Å². The lowest BCUT2D eigenvalue weighted by Crippen LogP contribution is -2.40. The van der Waals surface area contributed by atoms with E-state index in [-0.39, 0.29) is 30.9 Å². The van der Waals surface area contributed by atoms with Crippen molar-refractivity contribution in [3.05, 3.63) is 64.7 Å². The van der Waals surface area contributed by atoms with Crippen molar-refractivity contribution in [3.8, 4) is 0 Å². The molecule has 2 rings (SSSR count). The number of carbonyl (C=O) groups is 2. The first-order valence-corrected chi connectivity index (χ1v) is 9.56. The Hall–Kier alpha value is -2.66. The second-order valence-electron chi connectivity index (χ2n) is 7.59. The van der Waals surface area contributed by atoms with Gasteiger partial charge in [-0.3, -0.25) is 14.5 Å². The van der Waals surface area contributed by atoms with Gasteiger partial charge in [0.15, 0.2) is 0 Å². The number of amides is 2. The molecule has 150 valence electrons. The van der Waals surface area contributed by atoms with E-state index in [1.54, 1.807) is 23.9 Å². The van der Waals surface area contributed by atoms with Crippen LogP contribution in [0.5, 0.6) is 0 Å². The molecular weight excluding hydrogens is 350 g/mol. The van der Waals surface area contributed by atoms with Crippen LogP contribution in [0.25, 0.3) is 0 Å². The van der Waals surface area contributed by atoms with E-state index in [0.717, 1.165) is 22.4 Å². The molecule has 2 amide bonds. The van der Waals surface area contributed by atoms with Crippen LogP contribution in [0.15, 0.2) is 42.5 Å². The third kappa shape index (κ3) is 5.67. The van der Waals surface area contributed by atoms with Crippen LogP contribution in [0.1, 0.15) is 35.2 Å². The Kier molecular flexibility index (Phi) is 7.35. The lowest BCUT2D eigenvalue weighted by molar-refractivity contribution is -0.133. The Morgan fingerprint density at radius 2 is 1.54 bits per heavy atom. The Balaban J connectivity index is 1.91. The maximum atomic E-state index is 12.6. The van der Waals surface area contributed by atoms with Crippen molar-refractivity contribution in [1.29, 1.82) is 0 Å². The average molecular weight is 382 g/mol. The number of nitrogens with zero attached hydrogens (tertiary/aromatic N) is 2. The molecule has 0 radical (unpaired) electrons. The number of nitrogens with one attached hydrogen (secondary N) is 1. The van der Waals surface area contributed by atoms with Gasteiger partial charge in [0.2, 0.25) is 11.8 Å². The molecule has 28 heavy (non-hydrogen) atoms. The molecule has 5 heteroatoms. The number of anilines is 1. The molecule has 0 saturated carbocycles. The quantitative estimate of drug-likeness (QED) is 0.796. The molecule has 1 N–H and O–H groups in total. The van der Waals surface area contributed by atoms with Crippen LogP contribution in [0.3, 0.4) is 0 Å². The van der Waals surface area contributed by atoms with Crippen LogP contribution in [0.2, 0.25) is 0 Å². The highest BCUT2D eigenvalue weighted by atomic mass is 16.2. The molecule has 2 aromatic carbocycles. The topological polar surface area (TPSA) is 52.7 Å². The van der Waals surface area contributed by atoms with Gasteiger partial charge in [-0.2, -0.15) is 0 Å². The second-order valence-corrected chi connectivity index (χ2v) is 7.59. The van der Waals surface area contributed by atoms with Crippen molar-refractivity contribution >= 4 is 17.5 Å². The molecule has 0 aromatic heterocycles. The minimum absolute atomic E-state index is 0.0191. The van der Waals surface area contributed by atoms with Gasteiger partial charge in [-0.15, -0.1) is 0 Å². The number of likely N-dealkylation sites (N-methyl/N-ethyl adjacent to an activating group) is 2. The Morgan fingerprint density at radius 1 is 0.964 bits per heavy atom. The first kappa shape index (κ1) is 21.6. The number of rotatable bonds is 7. The van der Waals surface area contributed by atoms with E-state index in [4.69, 9.17) is 0 Å². The molecule has 0 aliphatic carbocycles. The smallest absolute Gasteiger partial charge is 0.238 e. The van der Waals surface area contributed by atoms with E-state index >= 15 is 0 Å². The lowest BCUT2D eigenvalue weighted by Gasteiger charge is -2.27. The minimum atomic E-state index is -0.121. The Labute approximate surface area is 168 Å². The molecule has 0 fully saturated rings. The molecule has 0 bridgehead atoms. The van der Waals surface area contributed by atoms with Crippen molar-refractivity contribution in [2.75, 3.05) is 32.5 Å². The normalized spacial score (nSPS) is 12.0. The molecule has 1 atom stereocenters. The summed E-state index contributed by atoms with van der Waals surface area (Å²) in [5.74, 6) is -0.140. The van der Waals surface area contributed by atoms with Crippen LogP contribution in [-0.2, 0) is 9.59 Å². The highest BCUT2D eigenvalue weighted by molar-refractivity contribution is 5.94. The molecular formula is C23H31N3O2. The molecule has 0 spiro atoms. The van der Waals surface area contributed by atoms with E-state index in [9.17, 15) is 9.59 Å². The van der Waals surface area contributed by atoms with Crippen molar-refractivity contribution in [2.45, 2.75) is 33.7 Å². The molecule has 5 nitrogen and oxygen atoms in total. The van der Waals surface area contributed by atoms with Gasteiger partial charge in [0.05, 0.1) is 19.1 Å². The summed E-state index contributed by atoms with van der Waals surface area (Å²) >= 11 is 0. The predicted octanol–water partition coefficient (Wildman–Crippen LogP) is 3.70.